The smallest absolute Gasteiger partial charge is 0.115 e. The normalized spacial score (nSPS) is 21.2. The summed E-state index contributed by atoms with van der Waals surface area (Å²) in [5.41, 5.74) is 1.05. The van der Waals surface area contributed by atoms with Gasteiger partial charge in [-0.15, -0.1) is 0 Å². The third kappa shape index (κ3) is 3.13. The van der Waals surface area contributed by atoms with E-state index < -0.39 is 0 Å². The average Bonchev–Trinajstić information content (AvgIpc) is 2.30. The van der Waals surface area contributed by atoms with Gasteiger partial charge in [0.15, 0.2) is 0 Å². The molecule has 1 aromatic rings. The first-order valence-corrected chi connectivity index (χ1v) is 5.45. The van der Waals surface area contributed by atoms with E-state index in [4.69, 9.17) is 9.84 Å². The maximum absolute atomic E-state index is 9.13. The number of phenols is 1. The molecule has 1 fully saturated rings. The quantitative estimate of drug-likeness (QED) is 0.747. The van der Waals surface area contributed by atoms with Gasteiger partial charge in [-0.2, -0.15) is 0 Å². The van der Waals surface area contributed by atoms with Gasteiger partial charge in [0.1, 0.15) is 5.75 Å². The minimum atomic E-state index is 0.307. The van der Waals surface area contributed by atoms with Crippen molar-refractivity contribution in [1.82, 2.24) is 0 Å². The number of hydrogen-bond acceptors (Lipinski definition) is 3. The fraction of sp³-hybridized carbons (Fsp3) is 0.500. The molecular weight excluding hydrogens is 190 g/mol. The lowest BCUT2D eigenvalue weighted by molar-refractivity contribution is 0.0595. The summed E-state index contributed by atoms with van der Waals surface area (Å²) in [7, 11) is 0. The highest BCUT2D eigenvalue weighted by Gasteiger charge is 2.12. The van der Waals surface area contributed by atoms with Crippen LogP contribution in [0.4, 0.5) is 5.69 Å². The van der Waals surface area contributed by atoms with Gasteiger partial charge in [0.25, 0.3) is 0 Å². The third-order valence-electron chi connectivity index (χ3n) is 2.72. The molecule has 0 aliphatic carbocycles. The summed E-state index contributed by atoms with van der Waals surface area (Å²) in [6.07, 6.45) is 2.41. The molecule has 1 heterocycles. The molecule has 1 aliphatic rings. The minimum Gasteiger partial charge on any atom is -0.508 e. The zero-order valence-corrected chi connectivity index (χ0v) is 8.78. The van der Waals surface area contributed by atoms with Crippen molar-refractivity contribution >= 4 is 5.69 Å². The number of hydrogen-bond donors (Lipinski definition) is 2. The molecule has 0 amide bonds. The largest absolute Gasteiger partial charge is 0.508 e. The first kappa shape index (κ1) is 10.3. The maximum Gasteiger partial charge on any atom is 0.115 e. The fourth-order valence-electron chi connectivity index (χ4n) is 1.81. The van der Waals surface area contributed by atoms with Crippen LogP contribution in [-0.4, -0.2) is 24.9 Å². The zero-order valence-electron chi connectivity index (χ0n) is 8.78. The number of rotatable bonds is 3. The second-order valence-electron chi connectivity index (χ2n) is 4.01. The molecule has 15 heavy (non-hydrogen) atoms. The van der Waals surface area contributed by atoms with E-state index in [0.717, 1.165) is 25.4 Å². The van der Waals surface area contributed by atoms with Crippen molar-refractivity contribution in [1.29, 1.82) is 0 Å². The highest BCUT2D eigenvalue weighted by Crippen LogP contribution is 2.17. The molecule has 0 spiro atoms. The Balaban J connectivity index is 1.79. The van der Waals surface area contributed by atoms with E-state index >= 15 is 0 Å². The first-order valence-electron chi connectivity index (χ1n) is 5.45. The number of nitrogens with one attached hydrogen (secondary N) is 1. The zero-order chi connectivity index (χ0) is 10.5. The Morgan fingerprint density at radius 2 is 2.13 bits per heavy atom. The predicted octanol–water partition coefficient (Wildman–Crippen LogP) is 2.23. The molecule has 2 rings (SSSR count). The van der Waals surface area contributed by atoms with Gasteiger partial charge < -0.3 is 15.2 Å². The van der Waals surface area contributed by atoms with E-state index in [1.165, 1.54) is 12.8 Å². The Hall–Kier alpha value is -1.22. The van der Waals surface area contributed by atoms with Crippen molar-refractivity contribution in [3.8, 4) is 5.75 Å². The molecule has 2 N–H and O–H groups in total. The Labute approximate surface area is 90.1 Å². The highest BCUT2D eigenvalue weighted by atomic mass is 16.5. The topological polar surface area (TPSA) is 41.5 Å². The van der Waals surface area contributed by atoms with Crippen LogP contribution in [0, 0.1) is 5.92 Å². The molecule has 1 aromatic carbocycles. The Morgan fingerprint density at radius 3 is 2.80 bits per heavy atom. The van der Waals surface area contributed by atoms with Crippen molar-refractivity contribution in [2.24, 2.45) is 5.92 Å². The van der Waals surface area contributed by atoms with E-state index in [0.29, 0.717) is 11.7 Å². The number of benzene rings is 1. The molecule has 1 atom stereocenters. The molecule has 1 saturated heterocycles. The van der Waals surface area contributed by atoms with E-state index in [9.17, 15) is 0 Å². The van der Waals surface area contributed by atoms with Crippen LogP contribution >= 0.6 is 0 Å². The van der Waals surface area contributed by atoms with Crippen LogP contribution in [0.15, 0.2) is 24.3 Å². The van der Waals surface area contributed by atoms with Crippen LogP contribution in [0.2, 0.25) is 0 Å². The standard InChI is InChI=1S/C12H17NO2/c14-12-5-3-11(4-6-12)13-8-10-2-1-7-15-9-10/h3-6,10,13-14H,1-2,7-9H2. The monoisotopic (exact) mass is 207 g/mol. The van der Waals surface area contributed by atoms with E-state index in [2.05, 4.69) is 5.32 Å². The fourth-order valence-corrected chi connectivity index (χ4v) is 1.81. The second-order valence-corrected chi connectivity index (χ2v) is 4.01. The van der Waals surface area contributed by atoms with Crippen molar-refractivity contribution in [3.63, 3.8) is 0 Å². The van der Waals surface area contributed by atoms with Gasteiger partial charge in [0, 0.05) is 18.8 Å². The van der Waals surface area contributed by atoms with Crippen LogP contribution in [0.1, 0.15) is 12.8 Å². The lowest BCUT2D eigenvalue weighted by Crippen LogP contribution is -2.24. The van der Waals surface area contributed by atoms with Crippen LogP contribution in [0.3, 0.4) is 0 Å². The van der Waals surface area contributed by atoms with Crippen LogP contribution in [0.25, 0.3) is 0 Å². The lowest BCUT2D eigenvalue weighted by Gasteiger charge is -2.22. The summed E-state index contributed by atoms with van der Waals surface area (Å²) >= 11 is 0. The molecule has 0 saturated carbocycles. The van der Waals surface area contributed by atoms with Crippen LogP contribution in [-0.2, 0) is 4.74 Å². The molecule has 1 aliphatic heterocycles. The molecule has 3 nitrogen and oxygen atoms in total. The maximum atomic E-state index is 9.13. The molecule has 0 bridgehead atoms. The predicted molar refractivity (Wildman–Crippen MR) is 60.1 cm³/mol. The summed E-state index contributed by atoms with van der Waals surface area (Å²) in [5.74, 6) is 0.925. The van der Waals surface area contributed by atoms with Crippen molar-refractivity contribution in [3.05, 3.63) is 24.3 Å². The number of ether oxygens (including phenoxy) is 1. The van der Waals surface area contributed by atoms with Gasteiger partial charge in [-0.25, -0.2) is 0 Å². The Kier molecular flexibility index (Phi) is 3.45. The van der Waals surface area contributed by atoms with Gasteiger partial charge >= 0.3 is 0 Å². The van der Waals surface area contributed by atoms with Gasteiger partial charge in [0.2, 0.25) is 0 Å². The highest BCUT2D eigenvalue weighted by molar-refractivity contribution is 5.45. The molecule has 1 unspecified atom stereocenters. The van der Waals surface area contributed by atoms with Crippen molar-refractivity contribution in [2.75, 3.05) is 25.1 Å². The summed E-state index contributed by atoms with van der Waals surface area (Å²) in [6.45, 7) is 2.73. The van der Waals surface area contributed by atoms with Gasteiger partial charge in [-0.3, -0.25) is 0 Å². The Morgan fingerprint density at radius 1 is 1.33 bits per heavy atom. The van der Waals surface area contributed by atoms with E-state index in [1.54, 1.807) is 12.1 Å². The summed E-state index contributed by atoms with van der Waals surface area (Å²) in [6, 6.07) is 7.16. The second kappa shape index (κ2) is 5.03. The number of aromatic hydroxyl groups is 1. The average molecular weight is 207 g/mol. The molecular formula is C12H17NO2. The number of phenolic OH excluding ortho intramolecular Hbond substituents is 1. The molecule has 82 valence electrons. The molecule has 0 radical (unpaired) electrons. The summed E-state index contributed by atoms with van der Waals surface area (Å²) < 4.78 is 5.41. The van der Waals surface area contributed by atoms with Crippen molar-refractivity contribution < 1.29 is 9.84 Å². The van der Waals surface area contributed by atoms with Gasteiger partial charge in [-0.1, -0.05) is 0 Å². The third-order valence-corrected chi connectivity index (χ3v) is 2.72. The van der Waals surface area contributed by atoms with Crippen LogP contribution in [0.5, 0.6) is 5.75 Å². The summed E-state index contributed by atoms with van der Waals surface area (Å²) in [4.78, 5) is 0. The molecule has 3 heteroatoms. The minimum absolute atomic E-state index is 0.307. The van der Waals surface area contributed by atoms with E-state index in [1.807, 2.05) is 12.1 Å². The first-order chi connectivity index (χ1) is 7.34. The number of anilines is 1. The van der Waals surface area contributed by atoms with Crippen molar-refractivity contribution in [2.45, 2.75) is 12.8 Å². The van der Waals surface area contributed by atoms with E-state index in [-0.39, 0.29) is 0 Å². The summed E-state index contributed by atoms with van der Waals surface area (Å²) in [5, 5.41) is 12.5. The SMILES string of the molecule is Oc1ccc(NCC2CCCOC2)cc1. The van der Waals surface area contributed by atoms with Gasteiger partial charge in [0.05, 0.1) is 6.61 Å². The van der Waals surface area contributed by atoms with Gasteiger partial charge in [-0.05, 0) is 43.0 Å². The Bertz CT molecular complexity index is 291. The van der Waals surface area contributed by atoms with Crippen LogP contribution < -0.4 is 5.32 Å². The molecule has 0 aromatic heterocycles. The lowest BCUT2D eigenvalue weighted by atomic mass is 10.0.